The molecule has 8 nitrogen and oxygen atoms in total. The van der Waals surface area contributed by atoms with Gasteiger partial charge in [0, 0.05) is 52.1 Å². The first kappa shape index (κ1) is 19.4. The van der Waals surface area contributed by atoms with Crippen LogP contribution in [0.1, 0.15) is 24.8 Å². The van der Waals surface area contributed by atoms with Crippen LogP contribution >= 0.6 is 0 Å². The molecule has 0 aliphatic carbocycles. The summed E-state index contributed by atoms with van der Waals surface area (Å²) >= 11 is 0. The van der Waals surface area contributed by atoms with Gasteiger partial charge in [-0.25, -0.2) is 9.78 Å². The van der Waals surface area contributed by atoms with E-state index in [1.807, 2.05) is 12.1 Å². The van der Waals surface area contributed by atoms with Crippen molar-refractivity contribution in [2.75, 3.05) is 57.4 Å². The minimum Gasteiger partial charge on any atom is -0.465 e. The minimum atomic E-state index is -0.837. The molecule has 1 aromatic heterocycles. The predicted octanol–water partition coefficient (Wildman–Crippen LogP) is 1.62. The van der Waals surface area contributed by atoms with E-state index in [1.54, 1.807) is 6.20 Å². The summed E-state index contributed by atoms with van der Waals surface area (Å²) in [5, 5.41) is 18.0. The second kappa shape index (κ2) is 9.53. The summed E-state index contributed by atoms with van der Waals surface area (Å²) in [6.45, 7) is 6.61. The molecule has 0 aromatic carbocycles. The van der Waals surface area contributed by atoms with Crippen LogP contribution in [-0.2, 0) is 4.74 Å². The van der Waals surface area contributed by atoms with Crippen molar-refractivity contribution in [2.24, 2.45) is 0 Å². The molecule has 2 saturated heterocycles. The number of likely N-dealkylation sites (tertiary alicyclic amines) is 1. The Morgan fingerprint density at radius 1 is 1.30 bits per heavy atom. The lowest BCUT2D eigenvalue weighted by atomic mass is 10.2. The third-order valence-corrected chi connectivity index (χ3v) is 5.27. The molecule has 1 atom stereocenters. The molecule has 2 aliphatic heterocycles. The van der Waals surface area contributed by atoms with E-state index in [0.29, 0.717) is 25.3 Å². The highest BCUT2D eigenvalue weighted by atomic mass is 16.5. The molecule has 0 unspecified atom stereocenters. The molecule has 3 heterocycles. The van der Waals surface area contributed by atoms with Crippen molar-refractivity contribution < 1.29 is 14.6 Å². The third-order valence-electron chi connectivity index (χ3n) is 5.27. The molecule has 0 saturated carbocycles. The molecule has 2 fully saturated rings. The average molecular weight is 373 g/mol. The summed E-state index contributed by atoms with van der Waals surface area (Å²) in [5.41, 5.74) is 0.585. The number of carbonyl (C=O) groups is 1. The number of pyridine rings is 1. The quantitative estimate of drug-likeness (QED) is 0.726. The molecule has 8 heteroatoms. The van der Waals surface area contributed by atoms with Crippen molar-refractivity contribution >= 4 is 11.9 Å². The van der Waals surface area contributed by atoms with Gasteiger partial charge in [-0.1, -0.05) is 0 Å². The molecule has 1 aromatic rings. The number of rotatable bonds is 7. The summed E-state index contributed by atoms with van der Waals surface area (Å²) in [4.78, 5) is 21.6. The monoisotopic (exact) mass is 373 g/mol. The first-order valence-corrected chi connectivity index (χ1v) is 9.58. The zero-order chi connectivity index (χ0) is 19.1. The Balaban J connectivity index is 1.29. The number of anilines is 1. The molecule has 27 heavy (non-hydrogen) atoms. The Hall–Kier alpha value is -2.37. The zero-order valence-electron chi connectivity index (χ0n) is 15.6. The highest BCUT2D eigenvalue weighted by Gasteiger charge is 2.28. The van der Waals surface area contributed by atoms with Crippen molar-refractivity contribution in [3.8, 4) is 6.07 Å². The first-order valence-electron chi connectivity index (χ1n) is 9.58. The van der Waals surface area contributed by atoms with Crippen LogP contribution in [0.2, 0.25) is 0 Å². The van der Waals surface area contributed by atoms with Crippen LogP contribution in [0.25, 0.3) is 0 Å². The summed E-state index contributed by atoms with van der Waals surface area (Å²) in [7, 11) is 0. The van der Waals surface area contributed by atoms with Crippen LogP contribution < -0.4 is 4.90 Å². The standard InChI is InChI=1S/C19H27N5O3/c20-13-16-4-5-18(21-14-16)23-10-8-22(9-11-23)6-2-12-27-15-17-3-1-7-24(17)19(25)26/h4-5,14,17H,1-3,6-12,15H2,(H,25,26)/t17-/m0/s1. The molecule has 0 radical (unpaired) electrons. The Morgan fingerprint density at radius 2 is 2.11 bits per heavy atom. The van der Waals surface area contributed by atoms with Gasteiger partial charge in [0.15, 0.2) is 0 Å². The SMILES string of the molecule is N#Cc1ccc(N2CCN(CCCOC[C@@H]3CCCN3C(=O)O)CC2)nc1. The van der Waals surface area contributed by atoms with Gasteiger partial charge in [-0.2, -0.15) is 5.26 Å². The fourth-order valence-corrected chi connectivity index (χ4v) is 3.71. The molecular formula is C19H27N5O3. The smallest absolute Gasteiger partial charge is 0.407 e. The lowest BCUT2D eigenvalue weighted by Gasteiger charge is -2.35. The van der Waals surface area contributed by atoms with Crippen LogP contribution in [0.3, 0.4) is 0 Å². The maximum absolute atomic E-state index is 11.1. The molecule has 0 spiro atoms. The minimum absolute atomic E-state index is 0.0194. The van der Waals surface area contributed by atoms with Crippen LogP contribution in [0.4, 0.5) is 10.6 Å². The molecule has 2 aliphatic rings. The van der Waals surface area contributed by atoms with Crippen molar-refractivity contribution in [1.29, 1.82) is 5.26 Å². The normalized spacial score (nSPS) is 20.6. The van der Waals surface area contributed by atoms with E-state index in [9.17, 15) is 4.79 Å². The van der Waals surface area contributed by atoms with Gasteiger partial charge >= 0.3 is 6.09 Å². The average Bonchev–Trinajstić information content (AvgIpc) is 3.17. The fraction of sp³-hybridized carbons (Fsp3) is 0.632. The highest BCUT2D eigenvalue weighted by molar-refractivity contribution is 5.65. The van der Waals surface area contributed by atoms with E-state index < -0.39 is 6.09 Å². The maximum atomic E-state index is 11.1. The zero-order valence-corrected chi connectivity index (χ0v) is 15.6. The van der Waals surface area contributed by atoms with Crippen molar-refractivity contribution in [2.45, 2.75) is 25.3 Å². The van der Waals surface area contributed by atoms with E-state index in [1.165, 1.54) is 4.90 Å². The molecule has 146 valence electrons. The summed E-state index contributed by atoms with van der Waals surface area (Å²) in [5.74, 6) is 0.927. The number of amides is 1. The van der Waals surface area contributed by atoms with Crippen molar-refractivity contribution in [3.63, 3.8) is 0 Å². The Labute approximate surface area is 159 Å². The van der Waals surface area contributed by atoms with Gasteiger partial charge in [-0.05, 0) is 31.4 Å². The van der Waals surface area contributed by atoms with Crippen LogP contribution in [0, 0.1) is 11.3 Å². The summed E-state index contributed by atoms with van der Waals surface area (Å²) in [6, 6.07) is 5.83. The van der Waals surface area contributed by atoms with E-state index >= 15 is 0 Å². The third kappa shape index (κ3) is 5.31. The van der Waals surface area contributed by atoms with E-state index in [-0.39, 0.29) is 6.04 Å². The van der Waals surface area contributed by atoms with Gasteiger partial charge < -0.3 is 19.6 Å². The molecule has 0 bridgehead atoms. The van der Waals surface area contributed by atoms with Crippen molar-refractivity contribution in [1.82, 2.24) is 14.8 Å². The van der Waals surface area contributed by atoms with Gasteiger partial charge in [0.25, 0.3) is 0 Å². The van der Waals surface area contributed by atoms with Crippen molar-refractivity contribution in [3.05, 3.63) is 23.9 Å². The molecular weight excluding hydrogens is 346 g/mol. The van der Waals surface area contributed by atoms with Gasteiger partial charge in [0.1, 0.15) is 11.9 Å². The van der Waals surface area contributed by atoms with Crippen LogP contribution in [-0.4, -0.2) is 84.5 Å². The lowest BCUT2D eigenvalue weighted by molar-refractivity contribution is 0.0672. The number of aromatic nitrogens is 1. The number of piperazine rings is 1. The fourth-order valence-electron chi connectivity index (χ4n) is 3.71. The molecule has 3 rings (SSSR count). The Bertz CT molecular complexity index is 652. The summed E-state index contributed by atoms with van der Waals surface area (Å²) in [6.07, 6.45) is 3.57. The second-order valence-corrected chi connectivity index (χ2v) is 7.05. The van der Waals surface area contributed by atoms with E-state index in [2.05, 4.69) is 20.9 Å². The van der Waals surface area contributed by atoms with Crippen LogP contribution in [0.5, 0.6) is 0 Å². The lowest BCUT2D eigenvalue weighted by Crippen LogP contribution is -2.47. The number of nitriles is 1. The Morgan fingerprint density at radius 3 is 2.78 bits per heavy atom. The maximum Gasteiger partial charge on any atom is 0.407 e. The topological polar surface area (TPSA) is 92.9 Å². The van der Waals surface area contributed by atoms with Crippen LogP contribution in [0.15, 0.2) is 18.3 Å². The van der Waals surface area contributed by atoms with E-state index in [0.717, 1.165) is 57.8 Å². The van der Waals surface area contributed by atoms with Gasteiger partial charge in [-0.15, -0.1) is 0 Å². The largest absolute Gasteiger partial charge is 0.465 e. The molecule has 1 N–H and O–H groups in total. The predicted molar refractivity (Wildman–Crippen MR) is 101 cm³/mol. The first-order chi connectivity index (χ1) is 13.2. The van der Waals surface area contributed by atoms with Gasteiger partial charge in [-0.3, -0.25) is 4.90 Å². The summed E-state index contributed by atoms with van der Waals surface area (Å²) < 4.78 is 5.72. The number of nitrogens with zero attached hydrogens (tertiary/aromatic N) is 5. The second-order valence-electron chi connectivity index (χ2n) is 7.05. The van der Waals surface area contributed by atoms with Gasteiger partial charge in [0.05, 0.1) is 18.2 Å². The number of carboxylic acid groups (broad SMARTS) is 1. The Kier molecular flexibility index (Phi) is 6.85. The number of ether oxygens (including phenoxy) is 1. The number of hydrogen-bond acceptors (Lipinski definition) is 6. The highest BCUT2D eigenvalue weighted by Crippen LogP contribution is 2.17. The van der Waals surface area contributed by atoms with E-state index in [4.69, 9.17) is 15.1 Å². The molecule has 1 amide bonds. The number of hydrogen-bond donors (Lipinski definition) is 1. The van der Waals surface area contributed by atoms with Gasteiger partial charge in [0.2, 0.25) is 0 Å².